The Morgan fingerprint density at radius 2 is 2.03 bits per heavy atom. The lowest BCUT2D eigenvalue weighted by molar-refractivity contribution is -0.115. The second kappa shape index (κ2) is 10.4. The molecule has 1 unspecified atom stereocenters. The minimum absolute atomic E-state index is 0.0441. The number of thioether (sulfide) groups is 2. The number of amides is 1. The monoisotopic (exact) mass is 482 g/mol. The molecule has 1 aliphatic rings. The van der Waals surface area contributed by atoms with Crippen LogP contribution in [0.15, 0.2) is 60.9 Å². The van der Waals surface area contributed by atoms with E-state index in [1.807, 2.05) is 25.3 Å². The summed E-state index contributed by atoms with van der Waals surface area (Å²) in [4.78, 5) is 30.6. The number of carboxylic acids is 1. The van der Waals surface area contributed by atoms with E-state index < -0.39 is 5.97 Å². The molecule has 5 nitrogen and oxygen atoms in total. The zero-order chi connectivity index (χ0) is 23.4. The maximum Gasteiger partial charge on any atom is 0.335 e. The van der Waals surface area contributed by atoms with Crippen molar-refractivity contribution in [1.82, 2.24) is 4.98 Å². The largest absolute Gasteiger partial charge is 0.478 e. The van der Waals surface area contributed by atoms with Crippen LogP contribution in [0.5, 0.6) is 0 Å². The summed E-state index contributed by atoms with van der Waals surface area (Å²) in [5.41, 5.74) is 4.45. The number of nitrogens with zero attached hydrogens (tertiary/aromatic N) is 2. The van der Waals surface area contributed by atoms with Crippen molar-refractivity contribution in [2.24, 2.45) is 0 Å². The lowest BCUT2D eigenvalue weighted by atomic mass is 9.97. The molecule has 0 spiro atoms. The van der Waals surface area contributed by atoms with E-state index in [1.165, 1.54) is 23.9 Å². The van der Waals surface area contributed by atoms with Gasteiger partial charge in [0.05, 0.1) is 11.3 Å². The van der Waals surface area contributed by atoms with Gasteiger partial charge in [0.15, 0.2) is 0 Å². The van der Waals surface area contributed by atoms with Crippen LogP contribution in [0.1, 0.15) is 38.0 Å². The average molecular weight is 483 g/mol. The molecular formula is C25H23FN2O3S2. The molecule has 1 amide bonds. The maximum atomic E-state index is 13.4. The van der Waals surface area contributed by atoms with Gasteiger partial charge in [-0.05, 0) is 71.7 Å². The fourth-order valence-electron chi connectivity index (χ4n) is 3.93. The van der Waals surface area contributed by atoms with Crippen molar-refractivity contribution in [1.29, 1.82) is 0 Å². The standard InChI is InChI=1S/C25H23FN2O3S2/c1-16-20(10-12-32-14-17-3-2-11-27-13-17)21(25(30)31)8-9-22(16)28-23(29)15-33-24(28)18-4-6-19(26)7-5-18/h2-9,11,13,24H,10,12,14-15H2,1H3,(H,30,31). The number of carbonyl (C=O) groups excluding carboxylic acids is 1. The number of hydrogen-bond acceptors (Lipinski definition) is 5. The quantitative estimate of drug-likeness (QED) is 0.429. The molecule has 170 valence electrons. The van der Waals surface area contributed by atoms with Crippen LogP contribution >= 0.6 is 23.5 Å². The Kier molecular flexibility index (Phi) is 7.35. The van der Waals surface area contributed by atoms with Gasteiger partial charge < -0.3 is 5.11 Å². The normalized spacial score (nSPS) is 15.8. The Morgan fingerprint density at radius 1 is 1.24 bits per heavy atom. The summed E-state index contributed by atoms with van der Waals surface area (Å²) in [6, 6.07) is 13.4. The van der Waals surface area contributed by atoms with E-state index in [-0.39, 0.29) is 22.7 Å². The van der Waals surface area contributed by atoms with Crippen molar-refractivity contribution >= 4 is 41.1 Å². The first-order chi connectivity index (χ1) is 16.0. The van der Waals surface area contributed by atoms with E-state index in [0.717, 1.165) is 33.8 Å². The van der Waals surface area contributed by atoms with Crippen molar-refractivity contribution < 1.29 is 19.1 Å². The third-order valence-electron chi connectivity index (χ3n) is 5.57. The van der Waals surface area contributed by atoms with Crippen LogP contribution in [-0.2, 0) is 17.0 Å². The van der Waals surface area contributed by atoms with Crippen molar-refractivity contribution in [3.05, 3.63) is 94.6 Å². The number of anilines is 1. The van der Waals surface area contributed by atoms with Gasteiger partial charge >= 0.3 is 5.97 Å². The molecule has 0 saturated carbocycles. The summed E-state index contributed by atoms with van der Waals surface area (Å²) in [6.45, 7) is 1.88. The molecule has 3 aromatic rings. The Hall–Kier alpha value is -2.84. The zero-order valence-corrected chi connectivity index (χ0v) is 19.7. The molecule has 1 aliphatic heterocycles. The molecule has 2 heterocycles. The van der Waals surface area contributed by atoms with Crippen molar-refractivity contribution in [3.63, 3.8) is 0 Å². The molecule has 4 rings (SSSR count). The highest BCUT2D eigenvalue weighted by atomic mass is 32.2. The fraction of sp³-hybridized carbons (Fsp3) is 0.240. The summed E-state index contributed by atoms with van der Waals surface area (Å²) < 4.78 is 13.4. The second-order valence-corrected chi connectivity index (χ2v) is 9.86. The van der Waals surface area contributed by atoms with Crippen molar-refractivity contribution in [3.8, 4) is 0 Å². The SMILES string of the molecule is Cc1c(N2C(=O)CSC2c2ccc(F)cc2)ccc(C(=O)O)c1CCSCc1cccnc1. The maximum absolute atomic E-state index is 13.4. The number of carboxylic acid groups (broad SMARTS) is 1. The Labute approximate surface area is 200 Å². The molecule has 8 heteroatoms. The van der Waals surface area contributed by atoms with Crippen LogP contribution in [0.4, 0.5) is 10.1 Å². The summed E-state index contributed by atoms with van der Waals surface area (Å²) in [5.74, 6) is 0.504. The van der Waals surface area contributed by atoms with E-state index in [4.69, 9.17) is 0 Å². The number of carbonyl (C=O) groups is 2. The second-order valence-electron chi connectivity index (χ2n) is 7.68. The van der Waals surface area contributed by atoms with Gasteiger partial charge in [0.25, 0.3) is 0 Å². The number of pyridine rings is 1. The van der Waals surface area contributed by atoms with Crippen LogP contribution in [0.2, 0.25) is 0 Å². The summed E-state index contributed by atoms with van der Waals surface area (Å²) in [6.07, 6.45) is 4.13. The lowest BCUT2D eigenvalue weighted by Gasteiger charge is -2.27. The molecule has 0 bridgehead atoms. The topological polar surface area (TPSA) is 70.5 Å². The van der Waals surface area contributed by atoms with E-state index in [0.29, 0.717) is 17.9 Å². The molecule has 1 aromatic heterocycles. The number of hydrogen-bond donors (Lipinski definition) is 1. The average Bonchev–Trinajstić information content (AvgIpc) is 3.19. The van der Waals surface area contributed by atoms with Crippen LogP contribution in [-0.4, -0.2) is 33.5 Å². The Balaban J connectivity index is 1.59. The molecule has 1 saturated heterocycles. The number of aromatic nitrogens is 1. The van der Waals surface area contributed by atoms with Gasteiger partial charge in [-0.15, -0.1) is 11.8 Å². The van der Waals surface area contributed by atoms with E-state index >= 15 is 0 Å². The van der Waals surface area contributed by atoms with Gasteiger partial charge in [-0.25, -0.2) is 9.18 Å². The third kappa shape index (κ3) is 5.23. The summed E-state index contributed by atoms with van der Waals surface area (Å²) in [5, 5.41) is 9.48. The first-order valence-electron chi connectivity index (χ1n) is 10.5. The number of rotatable bonds is 8. The summed E-state index contributed by atoms with van der Waals surface area (Å²) in [7, 11) is 0. The number of halogens is 1. The van der Waals surface area contributed by atoms with Crippen LogP contribution in [0, 0.1) is 12.7 Å². The van der Waals surface area contributed by atoms with E-state index in [9.17, 15) is 19.1 Å². The van der Waals surface area contributed by atoms with Gasteiger partial charge in [-0.1, -0.05) is 18.2 Å². The predicted octanol–water partition coefficient (Wildman–Crippen LogP) is 5.48. The van der Waals surface area contributed by atoms with Crippen molar-refractivity contribution in [2.75, 3.05) is 16.4 Å². The molecule has 0 aliphatic carbocycles. The molecule has 2 aromatic carbocycles. The minimum atomic E-state index is -0.978. The van der Waals surface area contributed by atoms with Gasteiger partial charge in [-0.2, -0.15) is 11.8 Å². The zero-order valence-electron chi connectivity index (χ0n) is 18.0. The Bertz CT molecular complexity index is 1160. The highest BCUT2D eigenvalue weighted by Crippen LogP contribution is 2.43. The number of benzene rings is 2. The highest BCUT2D eigenvalue weighted by molar-refractivity contribution is 8.00. The Morgan fingerprint density at radius 3 is 2.73 bits per heavy atom. The molecule has 33 heavy (non-hydrogen) atoms. The number of aromatic carboxylic acids is 1. The van der Waals surface area contributed by atoms with E-state index in [1.54, 1.807) is 47.1 Å². The molecular weight excluding hydrogens is 459 g/mol. The fourth-order valence-corrected chi connectivity index (χ4v) is 6.00. The highest BCUT2D eigenvalue weighted by Gasteiger charge is 2.35. The van der Waals surface area contributed by atoms with Gasteiger partial charge in [0.1, 0.15) is 11.2 Å². The van der Waals surface area contributed by atoms with E-state index in [2.05, 4.69) is 4.98 Å². The molecule has 1 N–H and O–H groups in total. The van der Waals surface area contributed by atoms with Crippen LogP contribution < -0.4 is 4.90 Å². The van der Waals surface area contributed by atoms with Gasteiger partial charge in [-0.3, -0.25) is 14.7 Å². The van der Waals surface area contributed by atoms with Crippen LogP contribution in [0.3, 0.4) is 0 Å². The summed E-state index contributed by atoms with van der Waals surface area (Å²) >= 11 is 3.20. The molecule has 1 atom stereocenters. The smallest absolute Gasteiger partial charge is 0.335 e. The molecule has 1 fully saturated rings. The minimum Gasteiger partial charge on any atom is -0.478 e. The van der Waals surface area contributed by atoms with Gasteiger partial charge in [0.2, 0.25) is 5.91 Å². The third-order valence-corrected chi connectivity index (χ3v) is 7.81. The first-order valence-corrected chi connectivity index (χ1v) is 12.7. The molecule has 0 radical (unpaired) electrons. The first kappa shape index (κ1) is 23.3. The lowest BCUT2D eigenvalue weighted by Crippen LogP contribution is -2.29. The predicted molar refractivity (Wildman–Crippen MR) is 131 cm³/mol. The van der Waals surface area contributed by atoms with Crippen LogP contribution in [0.25, 0.3) is 0 Å². The van der Waals surface area contributed by atoms with Gasteiger partial charge in [0, 0.05) is 23.8 Å². The van der Waals surface area contributed by atoms with Crippen molar-refractivity contribution in [2.45, 2.75) is 24.5 Å².